The van der Waals surface area contributed by atoms with Crippen molar-refractivity contribution in [1.82, 2.24) is 4.57 Å². The molecule has 0 aliphatic rings. The van der Waals surface area contributed by atoms with Gasteiger partial charge in [-0.15, -0.1) is 0 Å². The van der Waals surface area contributed by atoms with Crippen molar-refractivity contribution in [3.63, 3.8) is 0 Å². The fraction of sp³-hybridized carbons (Fsp3) is 0.0625. The highest BCUT2D eigenvalue weighted by Crippen LogP contribution is 2.21. The van der Waals surface area contributed by atoms with Crippen molar-refractivity contribution in [2.45, 2.75) is 0 Å². The molecule has 2 nitrogen and oxygen atoms in total. The minimum Gasteiger partial charge on any atom is -0.350 e. The molecule has 0 unspecified atom stereocenters. The lowest BCUT2D eigenvalue weighted by Crippen LogP contribution is -2.09. The zero-order chi connectivity index (χ0) is 13.2. The van der Waals surface area contributed by atoms with Crippen LogP contribution < -0.4 is 5.32 Å². The van der Waals surface area contributed by atoms with E-state index >= 15 is 0 Å². The first kappa shape index (κ1) is 11.9. The molecule has 19 heavy (non-hydrogen) atoms. The van der Waals surface area contributed by atoms with Gasteiger partial charge in [0.1, 0.15) is 4.99 Å². The molecular formula is C16H14N2S. The van der Waals surface area contributed by atoms with Crippen LogP contribution in [0.2, 0.25) is 0 Å². The van der Waals surface area contributed by atoms with Gasteiger partial charge in [0, 0.05) is 35.4 Å². The summed E-state index contributed by atoms with van der Waals surface area (Å²) < 4.78 is 2.10. The van der Waals surface area contributed by atoms with Crippen molar-refractivity contribution < 1.29 is 0 Å². The first-order valence-corrected chi connectivity index (χ1v) is 6.57. The molecule has 1 N–H and O–H groups in total. The maximum atomic E-state index is 5.52. The topological polar surface area (TPSA) is 17.0 Å². The number of hydrogen-bond donors (Lipinski definition) is 1. The largest absolute Gasteiger partial charge is 0.350 e. The molecule has 0 saturated carbocycles. The summed E-state index contributed by atoms with van der Waals surface area (Å²) in [6, 6.07) is 18.3. The Balaban J connectivity index is 1.98. The third-order valence-corrected chi connectivity index (χ3v) is 3.50. The minimum atomic E-state index is 0.753. The number of anilines is 1. The number of hydrogen-bond acceptors (Lipinski definition) is 1. The maximum absolute atomic E-state index is 5.52. The quantitative estimate of drug-likeness (QED) is 0.707. The van der Waals surface area contributed by atoms with Crippen LogP contribution in [-0.2, 0) is 7.05 Å². The van der Waals surface area contributed by atoms with Crippen molar-refractivity contribution in [2.24, 2.45) is 7.05 Å². The highest BCUT2D eigenvalue weighted by Gasteiger charge is 2.10. The molecule has 0 aliphatic carbocycles. The zero-order valence-corrected chi connectivity index (χ0v) is 11.4. The van der Waals surface area contributed by atoms with Gasteiger partial charge in [-0.1, -0.05) is 48.6 Å². The number of thiocarbonyl (C=S) groups is 1. The molecule has 0 aliphatic heterocycles. The Kier molecular flexibility index (Phi) is 3.05. The van der Waals surface area contributed by atoms with Gasteiger partial charge >= 0.3 is 0 Å². The first-order valence-electron chi connectivity index (χ1n) is 6.16. The monoisotopic (exact) mass is 266 g/mol. The Hall–Kier alpha value is -2.13. The van der Waals surface area contributed by atoms with Gasteiger partial charge in [0.25, 0.3) is 0 Å². The number of aryl methyl sites for hydroxylation is 1. The zero-order valence-electron chi connectivity index (χ0n) is 10.6. The second kappa shape index (κ2) is 4.86. The van der Waals surface area contributed by atoms with Gasteiger partial charge in [-0.3, -0.25) is 0 Å². The van der Waals surface area contributed by atoms with Crippen molar-refractivity contribution in [2.75, 3.05) is 5.32 Å². The molecule has 3 aromatic rings. The van der Waals surface area contributed by atoms with E-state index in [1.54, 1.807) is 0 Å². The summed E-state index contributed by atoms with van der Waals surface area (Å²) >= 11 is 5.52. The van der Waals surface area contributed by atoms with E-state index in [-0.39, 0.29) is 0 Å². The summed E-state index contributed by atoms with van der Waals surface area (Å²) in [6.07, 6.45) is 2.07. The van der Waals surface area contributed by atoms with Gasteiger partial charge in [-0.05, 0) is 18.2 Å². The molecule has 0 bridgehead atoms. The van der Waals surface area contributed by atoms with Crippen molar-refractivity contribution >= 4 is 33.8 Å². The van der Waals surface area contributed by atoms with Crippen molar-refractivity contribution in [3.05, 3.63) is 66.4 Å². The molecule has 3 heteroatoms. The summed E-state index contributed by atoms with van der Waals surface area (Å²) in [7, 11) is 2.04. The second-order valence-electron chi connectivity index (χ2n) is 4.49. The van der Waals surface area contributed by atoms with Gasteiger partial charge in [-0.25, -0.2) is 0 Å². The summed E-state index contributed by atoms with van der Waals surface area (Å²) in [5.41, 5.74) is 3.27. The average Bonchev–Trinajstić information content (AvgIpc) is 2.78. The molecular weight excluding hydrogens is 252 g/mol. The van der Waals surface area contributed by atoms with Crippen LogP contribution in [0.5, 0.6) is 0 Å². The SMILES string of the molecule is Cn1cc(C(=S)Nc2ccccc2)c2ccccc21. The third-order valence-electron chi connectivity index (χ3n) is 3.17. The minimum absolute atomic E-state index is 0.753. The third kappa shape index (κ3) is 2.25. The predicted molar refractivity (Wildman–Crippen MR) is 84.7 cm³/mol. The van der Waals surface area contributed by atoms with E-state index in [1.165, 1.54) is 10.9 Å². The Bertz CT molecular complexity index is 729. The Labute approximate surface area is 117 Å². The van der Waals surface area contributed by atoms with Crippen LogP contribution in [-0.4, -0.2) is 9.56 Å². The van der Waals surface area contributed by atoms with Crippen LogP contribution >= 0.6 is 12.2 Å². The van der Waals surface area contributed by atoms with Crippen LogP contribution in [0, 0.1) is 0 Å². The van der Waals surface area contributed by atoms with Crippen molar-refractivity contribution in [1.29, 1.82) is 0 Å². The fourth-order valence-corrected chi connectivity index (χ4v) is 2.52. The van der Waals surface area contributed by atoms with E-state index in [0.29, 0.717) is 0 Å². The number of benzene rings is 2. The van der Waals surface area contributed by atoms with Gasteiger partial charge < -0.3 is 9.88 Å². The maximum Gasteiger partial charge on any atom is 0.113 e. The molecule has 0 saturated heterocycles. The molecule has 3 rings (SSSR count). The first-order chi connectivity index (χ1) is 9.25. The number of nitrogens with zero attached hydrogens (tertiary/aromatic N) is 1. The van der Waals surface area contributed by atoms with Gasteiger partial charge in [0.05, 0.1) is 0 Å². The van der Waals surface area contributed by atoms with Gasteiger partial charge in [-0.2, -0.15) is 0 Å². The Morgan fingerprint density at radius 1 is 1.00 bits per heavy atom. The number of aromatic nitrogens is 1. The summed E-state index contributed by atoms with van der Waals surface area (Å²) in [5.74, 6) is 0. The standard InChI is InChI=1S/C16H14N2S/c1-18-11-14(13-9-5-6-10-15(13)18)16(19)17-12-7-3-2-4-8-12/h2-11H,1H3,(H,17,19). The van der Waals surface area contributed by atoms with E-state index in [0.717, 1.165) is 16.2 Å². The Morgan fingerprint density at radius 2 is 1.68 bits per heavy atom. The predicted octanol–water partition coefficient (Wildman–Crippen LogP) is 3.97. The van der Waals surface area contributed by atoms with Gasteiger partial charge in [0.2, 0.25) is 0 Å². The molecule has 0 amide bonds. The fourth-order valence-electron chi connectivity index (χ4n) is 2.24. The number of rotatable bonds is 2. The van der Waals surface area contributed by atoms with E-state index in [9.17, 15) is 0 Å². The van der Waals surface area contributed by atoms with Gasteiger partial charge in [0.15, 0.2) is 0 Å². The summed E-state index contributed by atoms with van der Waals surface area (Å²) in [5, 5.41) is 4.46. The number of para-hydroxylation sites is 2. The lowest BCUT2D eigenvalue weighted by Gasteiger charge is -2.06. The number of nitrogens with one attached hydrogen (secondary N) is 1. The van der Waals surface area contributed by atoms with Crippen LogP contribution in [0.1, 0.15) is 5.56 Å². The summed E-state index contributed by atoms with van der Waals surface area (Å²) in [6.45, 7) is 0. The molecule has 94 valence electrons. The van der Waals surface area contributed by atoms with Crippen LogP contribution in [0.4, 0.5) is 5.69 Å². The number of fused-ring (bicyclic) bond motifs is 1. The normalized spacial score (nSPS) is 10.6. The van der Waals surface area contributed by atoms with Crippen LogP contribution in [0.3, 0.4) is 0 Å². The molecule has 0 spiro atoms. The smallest absolute Gasteiger partial charge is 0.113 e. The van der Waals surface area contributed by atoms with Crippen molar-refractivity contribution in [3.8, 4) is 0 Å². The van der Waals surface area contributed by atoms with E-state index in [4.69, 9.17) is 12.2 Å². The Morgan fingerprint density at radius 3 is 2.47 bits per heavy atom. The summed E-state index contributed by atoms with van der Waals surface area (Å²) in [4.78, 5) is 0.753. The van der Waals surface area contributed by atoms with E-state index in [1.807, 2.05) is 49.5 Å². The molecule has 0 atom stereocenters. The highest BCUT2D eigenvalue weighted by atomic mass is 32.1. The second-order valence-corrected chi connectivity index (χ2v) is 4.90. The average molecular weight is 266 g/mol. The highest BCUT2D eigenvalue weighted by molar-refractivity contribution is 7.81. The molecule has 2 aromatic carbocycles. The van der Waals surface area contributed by atoms with Crippen LogP contribution in [0.25, 0.3) is 10.9 Å². The lowest BCUT2D eigenvalue weighted by molar-refractivity contribution is 0.968. The lowest BCUT2D eigenvalue weighted by atomic mass is 10.1. The molecule has 1 heterocycles. The van der Waals surface area contributed by atoms with E-state index in [2.05, 4.69) is 28.2 Å². The molecule has 0 radical (unpaired) electrons. The molecule has 0 fully saturated rings. The van der Waals surface area contributed by atoms with Crippen LogP contribution in [0.15, 0.2) is 60.8 Å². The molecule has 1 aromatic heterocycles. The van der Waals surface area contributed by atoms with E-state index < -0.39 is 0 Å².